The van der Waals surface area contributed by atoms with Gasteiger partial charge in [-0.15, -0.1) is 0 Å². The molecular weight excluding hydrogens is 356 g/mol. The van der Waals surface area contributed by atoms with E-state index >= 15 is 0 Å². The van der Waals surface area contributed by atoms with Gasteiger partial charge in [0.15, 0.2) is 0 Å². The van der Waals surface area contributed by atoms with Gasteiger partial charge in [-0.05, 0) is 24.3 Å². The molecule has 0 bridgehead atoms. The van der Waals surface area contributed by atoms with Crippen molar-refractivity contribution in [3.63, 3.8) is 0 Å². The lowest BCUT2D eigenvalue weighted by molar-refractivity contribution is 0.132. The molecule has 0 heterocycles. The Balaban J connectivity index is 2.03. The van der Waals surface area contributed by atoms with Crippen LogP contribution in [-0.2, 0) is 11.4 Å². The molecule has 0 aliphatic heterocycles. The minimum atomic E-state index is -0.113. The summed E-state index contributed by atoms with van der Waals surface area (Å²) in [7, 11) is 0. The molecule has 0 saturated carbocycles. The molecule has 2 aromatic carbocycles. The molecule has 1 N–H and O–H groups in total. The van der Waals surface area contributed by atoms with Gasteiger partial charge >= 0.3 is 0 Å². The molecule has 2 aromatic rings. The lowest BCUT2D eigenvalue weighted by atomic mass is 10.2. The van der Waals surface area contributed by atoms with Crippen molar-refractivity contribution in [3.05, 3.63) is 61.5 Å². The van der Waals surface area contributed by atoms with E-state index in [0.717, 1.165) is 5.56 Å². The first-order chi connectivity index (χ1) is 9.97. The van der Waals surface area contributed by atoms with Gasteiger partial charge in [-0.1, -0.05) is 57.6 Å². The summed E-state index contributed by atoms with van der Waals surface area (Å²) in [5.41, 5.74) is 1.10. The molecule has 0 radical (unpaired) electrons. The number of benzene rings is 2. The third-order valence-corrected chi connectivity index (χ3v) is 3.65. The average Bonchev–Trinajstić information content (AvgIpc) is 2.41. The highest BCUT2D eigenvalue weighted by Crippen LogP contribution is 2.30. The zero-order chi connectivity index (χ0) is 15.4. The Hall–Kier alpha value is -1.13. The molecule has 110 valence electrons. The van der Waals surface area contributed by atoms with Crippen LogP contribution in [0.5, 0.6) is 5.75 Å². The largest absolute Gasteiger partial charge is 0.506 e. The van der Waals surface area contributed by atoms with E-state index in [1.807, 2.05) is 0 Å². The molecule has 0 aliphatic rings. The quantitative estimate of drug-likeness (QED) is 0.570. The van der Waals surface area contributed by atoms with E-state index < -0.39 is 0 Å². The summed E-state index contributed by atoms with van der Waals surface area (Å²) in [6.45, 7) is 0.168. The highest BCUT2D eigenvalue weighted by Gasteiger charge is 2.06. The topological polar surface area (TPSA) is 41.8 Å². The molecule has 0 fully saturated rings. The van der Waals surface area contributed by atoms with Crippen LogP contribution in [0.3, 0.4) is 0 Å². The van der Waals surface area contributed by atoms with E-state index in [4.69, 9.17) is 51.2 Å². The van der Waals surface area contributed by atoms with Gasteiger partial charge in [0.05, 0.1) is 11.2 Å². The van der Waals surface area contributed by atoms with E-state index in [1.165, 1.54) is 18.3 Å². The minimum absolute atomic E-state index is 0.113. The first-order valence-corrected chi connectivity index (χ1v) is 7.26. The molecule has 0 aromatic heterocycles. The van der Waals surface area contributed by atoms with Crippen LogP contribution in [0.25, 0.3) is 0 Å². The lowest BCUT2D eigenvalue weighted by Crippen LogP contribution is -1.90. The van der Waals surface area contributed by atoms with E-state index in [2.05, 4.69) is 5.16 Å². The minimum Gasteiger partial charge on any atom is -0.506 e. The van der Waals surface area contributed by atoms with Crippen molar-refractivity contribution in [2.75, 3.05) is 0 Å². The van der Waals surface area contributed by atoms with Crippen LogP contribution in [0.2, 0.25) is 20.1 Å². The van der Waals surface area contributed by atoms with Crippen molar-refractivity contribution in [1.82, 2.24) is 0 Å². The van der Waals surface area contributed by atoms with Gasteiger partial charge in [-0.3, -0.25) is 0 Å². The molecular formula is C14H9Cl4NO2. The monoisotopic (exact) mass is 363 g/mol. The second-order valence-electron chi connectivity index (χ2n) is 4.07. The molecule has 0 amide bonds. The van der Waals surface area contributed by atoms with Gasteiger partial charge in [0.25, 0.3) is 0 Å². The average molecular weight is 365 g/mol. The van der Waals surface area contributed by atoms with Gasteiger partial charge in [-0.2, -0.15) is 0 Å². The van der Waals surface area contributed by atoms with Crippen molar-refractivity contribution >= 4 is 52.6 Å². The zero-order valence-corrected chi connectivity index (χ0v) is 13.5. The predicted octanol–water partition coefficient (Wildman–Crippen LogP) is 5.56. The SMILES string of the molecule is Oc1c(Cl)cc(Cl)cc1/C=N/OCc1ccc(Cl)cc1Cl. The molecule has 0 saturated heterocycles. The van der Waals surface area contributed by atoms with Crippen LogP contribution in [0.1, 0.15) is 11.1 Å². The van der Waals surface area contributed by atoms with Crippen LogP contribution in [-0.4, -0.2) is 11.3 Å². The van der Waals surface area contributed by atoms with Crippen molar-refractivity contribution in [3.8, 4) is 5.75 Å². The number of oxime groups is 1. The summed E-state index contributed by atoms with van der Waals surface area (Å²) in [5.74, 6) is -0.113. The lowest BCUT2D eigenvalue weighted by Gasteiger charge is -2.04. The fourth-order valence-electron chi connectivity index (χ4n) is 1.52. The van der Waals surface area contributed by atoms with Crippen molar-refractivity contribution < 1.29 is 9.94 Å². The summed E-state index contributed by atoms with van der Waals surface area (Å²) < 4.78 is 0. The second-order valence-corrected chi connectivity index (χ2v) is 5.76. The smallest absolute Gasteiger partial charge is 0.143 e. The Bertz CT molecular complexity index is 689. The standard InChI is InChI=1S/C14H9Cl4NO2/c15-10-2-1-8(12(17)4-10)7-21-19-6-9-3-11(16)5-13(18)14(9)20/h1-6,20H,7H2/b19-6+. The van der Waals surface area contributed by atoms with Crippen LogP contribution >= 0.6 is 46.4 Å². The highest BCUT2D eigenvalue weighted by atomic mass is 35.5. The summed E-state index contributed by atoms with van der Waals surface area (Å²) >= 11 is 23.4. The Labute approximate surface area is 141 Å². The first-order valence-electron chi connectivity index (χ1n) is 5.74. The van der Waals surface area contributed by atoms with Crippen molar-refractivity contribution in [2.45, 2.75) is 6.61 Å². The van der Waals surface area contributed by atoms with Crippen LogP contribution in [0, 0.1) is 0 Å². The molecule has 0 unspecified atom stereocenters. The Morgan fingerprint density at radius 2 is 1.71 bits per heavy atom. The summed E-state index contributed by atoms with van der Waals surface area (Å²) in [5, 5.41) is 15.1. The predicted molar refractivity (Wildman–Crippen MR) is 87.0 cm³/mol. The third-order valence-electron chi connectivity index (χ3n) is 2.56. The normalized spacial score (nSPS) is 11.0. The molecule has 0 atom stereocenters. The van der Waals surface area contributed by atoms with E-state index in [0.29, 0.717) is 20.6 Å². The summed E-state index contributed by atoms with van der Waals surface area (Å²) in [6, 6.07) is 8.02. The van der Waals surface area contributed by atoms with Gasteiger partial charge in [0.2, 0.25) is 0 Å². The molecule has 3 nitrogen and oxygen atoms in total. The number of halogens is 4. The van der Waals surface area contributed by atoms with E-state index in [9.17, 15) is 5.11 Å². The molecule has 21 heavy (non-hydrogen) atoms. The van der Waals surface area contributed by atoms with Crippen molar-refractivity contribution in [1.29, 1.82) is 0 Å². The molecule has 0 aliphatic carbocycles. The molecule has 0 spiro atoms. The van der Waals surface area contributed by atoms with E-state index in [1.54, 1.807) is 18.2 Å². The number of hydrogen-bond donors (Lipinski definition) is 1. The number of aromatic hydroxyl groups is 1. The fourth-order valence-corrected chi connectivity index (χ4v) is 2.50. The fraction of sp³-hybridized carbons (Fsp3) is 0.0714. The summed E-state index contributed by atoms with van der Waals surface area (Å²) in [4.78, 5) is 5.12. The number of nitrogens with zero attached hydrogens (tertiary/aromatic N) is 1. The zero-order valence-electron chi connectivity index (χ0n) is 10.5. The Kier molecular flexibility index (Phi) is 5.59. The number of hydrogen-bond acceptors (Lipinski definition) is 3. The molecule has 2 rings (SSSR count). The maximum atomic E-state index is 9.74. The second kappa shape index (κ2) is 7.23. The van der Waals surface area contributed by atoms with E-state index in [-0.39, 0.29) is 17.4 Å². The summed E-state index contributed by atoms with van der Waals surface area (Å²) in [6.07, 6.45) is 1.32. The maximum Gasteiger partial charge on any atom is 0.143 e. The number of phenols is 1. The van der Waals surface area contributed by atoms with Crippen LogP contribution in [0.15, 0.2) is 35.5 Å². The maximum absolute atomic E-state index is 9.74. The van der Waals surface area contributed by atoms with Crippen LogP contribution in [0.4, 0.5) is 0 Å². The van der Waals surface area contributed by atoms with Crippen LogP contribution < -0.4 is 0 Å². The Morgan fingerprint density at radius 3 is 2.43 bits per heavy atom. The van der Waals surface area contributed by atoms with Crippen molar-refractivity contribution in [2.24, 2.45) is 5.16 Å². The number of rotatable bonds is 4. The highest BCUT2D eigenvalue weighted by molar-refractivity contribution is 6.36. The van der Waals surface area contributed by atoms with Gasteiger partial charge < -0.3 is 9.94 Å². The first kappa shape index (κ1) is 16.2. The third kappa shape index (κ3) is 4.42. The van der Waals surface area contributed by atoms with Gasteiger partial charge in [0, 0.05) is 26.2 Å². The number of phenolic OH excluding ortho intramolecular Hbond substituents is 1. The van der Waals surface area contributed by atoms with Gasteiger partial charge in [0.1, 0.15) is 12.4 Å². The Morgan fingerprint density at radius 1 is 1.00 bits per heavy atom. The van der Waals surface area contributed by atoms with Gasteiger partial charge in [-0.25, -0.2) is 0 Å². The molecule has 7 heteroatoms.